The zero-order valence-corrected chi connectivity index (χ0v) is 16.0. The molecular weight excluding hydrogens is 363 g/mol. The van der Waals surface area contributed by atoms with Gasteiger partial charge in [-0.2, -0.15) is 0 Å². The fourth-order valence-electron chi connectivity index (χ4n) is 3.70. The molecule has 0 unspecified atom stereocenters. The molecule has 1 aliphatic rings. The third-order valence-corrected chi connectivity index (χ3v) is 5.64. The maximum Gasteiger partial charge on any atom is 0.126 e. The lowest BCUT2D eigenvalue weighted by molar-refractivity contribution is -0.273. The summed E-state index contributed by atoms with van der Waals surface area (Å²) < 4.78 is 20.2. The third kappa shape index (κ3) is 3.83. The highest BCUT2D eigenvalue weighted by molar-refractivity contribution is 5.35. The predicted octanol–water partition coefficient (Wildman–Crippen LogP) is 1.67. The van der Waals surface area contributed by atoms with Gasteiger partial charge in [0.2, 0.25) is 0 Å². The van der Waals surface area contributed by atoms with Gasteiger partial charge in [0.1, 0.15) is 35.8 Å². The molecule has 0 aromatic heterocycles. The number of hydrogen-bond acceptors (Lipinski definition) is 5. The molecule has 152 valence electrons. The van der Waals surface area contributed by atoms with Crippen LogP contribution in [0.2, 0.25) is 0 Å². The Bertz CT molecular complexity index is 807. The van der Waals surface area contributed by atoms with Crippen LogP contribution in [0.1, 0.15) is 36.1 Å². The second kappa shape index (κ2) is 8.27. The number of rotatable bonds is 5. The molecule has 1 fully saturated rings. The zero-order valence-electron chi connectivity index (χ0n) is 16.0. The van der Waals surface area contributed by atoms with Gasteiger partial charge in [-0.25, -0.2) is 4.39 Å². The van der Waals surface area contributed by atoms with Gasteiger partial charge in [0.25, 0.3) is 0 Å². The van der Waals surface area contributed by atoms with Crippen LogP contribution in [0.3, 0.4) is 0 Å². The average Bonchev–Trinajstić information content (AvgIpc) is 2.71. The molecule has 5 nitrogen and oxygen atoms in total. The van der Waals surface area contributed by atoms with Crippen LogP contribution in [-0.4, -0.2) is 51.4 Å². The Morgan fingerprint density at radius 2 is 1.64 bits per heavy atom. The van der Waals surface area contributed by atoms with Crippen LogP contribution in [0.25, 0.3) is 0 Å². The Morgan fingerprint density at radius 1 is 1.00 bits per heavy atom. The molecule has 0 amide bonds. The molecule has 0 saturated carbocycles. The highest BCUT2D eigenvalue weighted by Gasteiger charge is 2.51. The lowest BCUT2D eigenvalue weighted by Crippen LogP contribution is -2.62. The molecule has 2 aromatic carbocycles. The van der Waals surface area contributed by atoms with Crippen LogP contribution >= 0.6 is 0 Å². The van der Waals surface area contributed by atoms with E-state index in [4.69, 9.17) is 4.74 Å². The molecule has 2 aromatic rings. The molecule has 5 atom stereocenters. The number of aliphatic hydroxyl groups excluding tert-OH is 4. The molecule has 4 N–H and O–H groups in total. The van der Waals surface area contributed by atoms with Gasteiger partial charge in [-0.1, -0.05) is 37.3 Å². The maximum absolute atomic E-state index is 14.4. The molecule has 3 rings (SSSR count). The fourth-order valence-corrected chi connectivity index (χ4v) is 3.70. The molecule has 0 spiro atoms. The summed E-state index contributed by atoms with van der Waals surface area (Å²) in [6, 6.07) is 12.3. The summed E-state index contributed by atoms with van der Waals surface area (Å²) in [5, 5.41) is 40.1. The average molecular weight is 390 g/mol. The molecule has 1 heterocycles. The summed E-state index contributed by atoms with van der Waals surface area (Å²) in [5.74, 6) is -0.378. The van der Waals surface area contributed by atoms with Gasteiger partial charge in [0.15, 0.2) is 0 Å². The Hall–Kier alpha value is -1.83. The van der Waals surface area contributed by atoms with E-state index in [0.29, 0.717) is 17.5 Å². The molecular formula is C22H27FO5. The van der Waals surface area contributed by atoms with Crippen molar-refractivity contribution in [2.75, 3.05) is 6.61 Å². The lowest BCUT2D eigenvalue weighted by Gasteiger charge is -2.47. The second-order valence-corrected chi connectivity index (χ2v) is 7.52. The first-order valence-electron chi connectivity index (χ1n) is 9.49. The van der Waals surface area contributed by atoms with Gasteiger partial charge in [-0.3, -0.25) is 0 Å². The third-order valence-electron chi connectivity index (χ3n) is 5.64. The first-order valence-corrected chi connectivity index (χ1v) is 9.49. The standard InChI is InChI=1S/C22H27FO5/c1-3-13-4-6-14(7-5-13)10-15-11-16(8-9-17(15)23)22(2)21(27)20(26)19(25)18(12-24)28-22/h4-9,11,18-21,24-27H,3,10,12H2,1-2H3/t18-,19-,20+,21-,22+/m1/s1. The van der Waals surface area contributed by atoms with Crippen LogP contribution in [-0.2, 0) is 23.2 Å². The maximum atomic E-state index is 14.4. The van der Waals surface area contributed by atoms with Crippen molar-refractivity contribution in [3.05, 3.63) is 70.5 Å². The van der Waals surface area contributed by atoms with Crippen molar-refractivity contribution in [3.63, 3.8) is 0 Å². The summed E-state index contributed by atoms with van der Waals surface area (Å²) >= 11 is 0. The summed E-state index contributed by atoms with van der Waals surface area (Å²) in [7, 11) is 0. The second-order valence-electron chi connectivity index (χ2n) is 7.52. The molecule has 1 saturated heterocycles. The van der Waals surface area contributed by atoms with Gasteiger partial charge >= 0.3 is 0 Å². The van der Waals surface area contributed by atoms with E-state index in [1.54, 1.807) is 13.0 Å². The van der Waals surface area contributed by atoms with Crippen molar-refractivity contribution in [1.29, 1.82) is 0 Å². The van der Waals surface area contributed by atoms with Crippen molar-refractivity contribution < 1.29 is 29.6 Å². The zero-order chi connectivity index (χ0) is 20.5. The van der Waals surface area contributed by atoms with Crippen molar-refractivity contribution in [1.82, 2.24) is 0 Å². The number of benzene rings is 2. The van der Waals surface area contributed by atoms with E-state index >= 15 is 0 Å². The SMILES string of the molecule is CCc1ccc(Cc2cc([C@]3(C)O[C@H](CO)[C@@H](O)[C@H](O)[C@H]3O)ccc2F)cc1. The number of aliphatic hydroxyl groups is 4. The van der Waals surface area contributed by atoms with E-state index in [1.165, 1.54) is 17.7 Å². The summed E-state index contributed by atoms with van der Waals surface area (Å²) in [6.45, 7) is 3.11. The first kappa shape index (κ1) is 20.9. The van der Waals surface area contributed by atoms with Crippen LogP contribution in [0.15, 0.2) is 42.5 Å². The van der Waals surface area contributed by atoms with E-state index in [2.05, 4.69) is 6.92 Å². The van der Waals surface area contributed by atoms with Gasteiger partial charge in [0, 0.05) is 6.42 Å². The number of halogens is 1. The van der Waals surface area contributed by atoms with E-state index < -0.39 is 36.6 Å². The number of ether oxygens (including phenoxy) is 1. The highest BCUT2D eigenvalue weighted by Crippen LogP contribution is 2.38. The lowest BCUT2D eigenvalue weighted by atomic mass is 9.80. The quantitative estimate of drug-likeness (QED) is 0.624. The normalized spacial score (nSPS) is 30.4. The molecule has 1 aliphatic heterocycles. The minimum absolute atomic E-state index is 0.366. The molecule has 0 radical (unpaired) electrons. The van der Waals surface area contributed by atoms with Gasteiger partial charge < -0.3 is 25.2 Å². The largest absolute Gasteiger partial charge is 0.394 e. The van der Waals surface area contributed by atoms with E-state index in [0.717, 1.165) is 12.0 Å². The monoisotopic (exact) mass is 390 g/mol. The number of aryl methyl sites for hydroxylation is 1. The smallest absolute Gasteiger partial charge is 0.126 e. The van der Waals surface area contributed by atoms with Crippen molar-refractivity contribution >= 4 is 0 Å². The number of hydrogen-bond donors (Lipinski definition) is 4. The van der Waals surface area contributed by atoms with Crippen LogP contribution in [0.5, 0.6) is 0 Å². The minimum atomic E-state index is -1.49. The molecule has 6 heteroatoms. The minimum Gasteiger partial charge on any atom is -0.394 e. The van der Waals surface area contributed by atoms with Gasteiger partial charge in [0.05, 0.1) is 6.61 Å². The first-order chi connectivity index (χ1) is 13.3. The van der Waals surface area contributed by atoms with E-state index in [1.807, 2.05) is 24.3 Å². The van der Waals surface area contributed by atoms with Crippen LogP contribution in [0.4, 0.5) is 4.39 Å². The van der Waals surface area contributed by atoms with Crippen LogP contribution in [0, 0.1) is 5.82 Å². The summed E-state index contributed by atoms with van der Waals surface area (Å²) in [4.78, 5) is 0. The van der Waals surface area contributed by atoms with Crippen molar-refractivity contribution in [2.24, 2.45) is 0 Å². The molecule has 28 heavy (non-hydrogen) atoms. The Kier molecular flexibility index (Phi) is 6.17. The van der Waals surface area contributed by atoms with Crippen molar-refractivity contribution in [3.8, 4) is 0 Å². The van der Waals surface area contributed by atoms with E-state index in [9.17, 15) is 24.8 Å². The molecule has 0 aliphatic carbocycles. The fraction of sp³-hybridized carbons (Fsp3) is 0.455. The Balaban J connectivity index is 1.92. The van der Waals surface area contributed by atoms with E-state index in [-0.39, 0.29) is 5.82 Å². The van der Waals surface area contributed by atoms with Crippen LogP contribution < -0.4 is 0 Å². The van der Waals surface area contributed by atoms with Gasteiger partial charge in [-0.15, -0.1) is 0 Å². The molecule has 0 bridgehead atoms. The summed E-state index contributed by atoms with van der Waals surface area (Å²) in [6.07, 6.45) is -4.11. The predicted molar refractivity (Wildman–Crippen MR) is 102 cm³/mol. The summed E-state index contributed by atoms with van der Waals surface area (Å²) in [5.41, 5.74) is 1.64. The Morgan fingerprint density at radius 3 is 2.25 bits per heavy atom. The van der Waals surface area contributed by atoms with Gasteiger partial charge in [-0.05, 0) is 47.7 Å². The Labute approximate surface area is 164 Å². The van der Waals surface area contributed by atoms with Crippen molar-refractivity contribution in [2.45, 2.75) is 56.7 Å². The topological polar surface area (TPSA) is 90.2 Å². The highest BCUT2D eigenvalue weighted by atomic mass is 19.1.